The molecule has 0 fully saturated rings. The number of nitrogens with two attached hydrogens (primary N) is 1. The molecule has 3 N–H and O–H groups in total. The van der Waals surface area contributed by atoms with E-state index in [4.69, 9.17) is 5.73 Å². The van der Waals surface area contributed by atoms with Crippen LogP contribution in [-0.2, 0) is 13.0 Å². The molecule has 2 nitrogen and oxygen atoms in total. The van der Waals surface area contributed by atoms with Crippen molar-refractivity contribution in [1.29, 1.82) is 0 Å². The molecule has 3 heteroatoms. The predicted octanol–water partition coefficient (Wildman–Crippen LogP) is 2.74. The van der Waals surface area contributed by atoms with Gasteiger partial charge in [-0.25, -0.2) is 4.39 Å². The average molecular weight is 244 g/mol. The van der Waals surface area contributed by atoms with E-state index in [1.54, 1.807) is 6.07 Å². The molecule has 0 radical (unpaired) electrons. The van der Waals surface area contributed by atoms with Gasteiger partial charge < -0.3 is 11.1 Å². The molecule has 0 saturated carbocycles. The number of halogens is 1. The molecule has 2 rings (SSSR count). The van der Waals surface area contributed by atoms with Crippen molar-refractivity contribution in [3.05, 3.63) is 65.5 Å². The molecule has 0 saturated heterocycles. The maximum Gasteiger partial charge on any atom is 0.126 e. The normalized spacial score (nSPS) is 10.5. The number of anilines is 1. The van der Waals surface area contributed by atoms with E-state index in [0.717, 1.165) is 23.4 Å². The fourth-order valence-corrected chi connectivity index (χ4v) is 1.84. The Kier molecular flexibility index (Phi) is 4.31. The van der Waals surface area contributed by atoms with Crippen molar-refractivity contribution in [3.8, 4) is 0 Å². The van der Waals surface area contributed by atoms with Crippen LogP contribution in [-0.4, -0.2) is 6.54 Å². The Morgan fingerprint density at radius 2 is 1.61 bits per heavy atom. The molecule has 0 bridgehead atoms. The number of benzene rings is 2. The van der Waals surface area contributed by atoms with Crippen molar-refractivity contribution in [3.63, 3.8) is 0 Å². The van der Waals surface area contributed by atoms with Gasteiger partial charge in [-0.1, -0.05) is 36.4 Å². The first kappa shape index (κ1) is 12.6. The van der Waals surface area contributed by atoms with Gasteiger partial charge in [-0.2, -0.15) is 0 Å². The number of hydrogen-bond donors (Lipinski definition) is 2. The van der Waals surface area contributed by atoms with Gasteiger partial charge in [0.05, 0.1) is 0 Å². The highest BCUT2D eigenvalue weighted by molar-refractivity contribution is 5.46. The zero-order valence-corrected chi connectivity index (χ0v) is 10.2. The van der Waals surface area contributed by atoms with Crippen LogP contribution in [0.1, 0.15) is 11.1 Å². The lowest BCUT2D eigenvalue weighted by Gasteiger charge is -2.07. The van der Waals surface area contributed by atoms with Crippen LogP contribution >= 0.6 is 0 Å². The van der Waals surface area contributed by atoms with Gasteiger partial charge in [0.15, 0.2) is 0 Å². The van der Waals surface area contributed by atoms with Crippen molar-refractivity contribution < 1.29 is 4.39 Å². The Bertz CT molecular complexity index is 464. The van der Waals surface area contributed by atoms with Gasteiger partial charge in [0, 0.05) is 12.2 Å². The smallest absolute Gasteiger partial charge is 0.126 e. The highest BCUT2D eigenvalue weighted by atomic mass is 19.1. The van der Waals surface area contributed by atoms with Crippen LogP contribution in [0.4, 0.5) is 10.1 Å². The first-order valence-corrected chi connectivity index (χ1v) is 6.05. The predicted molar refractivity (Wildman–Crippen MR) is 72.7 cm³/mol. The summed E-state index contributed by atoms with van der Waals surface area (Å²) in [7, 11) is 0. The maximum absolute atomic E-state index is 13.4. The van der Waals surface area contributed by atoms with E-state index >= 15 is 0 Å². The van der Waals surface area contributed by atoms with Crippen molar-refractivity contribution in [2.45, 2.75) is 13.0 Å². The van der Waals surface area contributed by atoms with Crippen molar-refractivity contribution in [2.24, 2.45) is 0 Å². The molecule has 0 unspecified atom stereocenters. The minimum absolute atomic E-state index is 0.140. The molecule has 0 atom stereocenters. The Hall–Kier alpha value is -1.87. The lowest BCUT2D eigenvalue weighted by Crippen LogP contribution is -2.17. The molecule has 0 aliphatic rings. The van der Waals surface area contributed by atoms with E-state index in [1.165, 1.54) is 6.07 Å². The number of para-hydroxylation sites is 1. The van der Waals surface area contributed by atoms with Crippen molar-refractivity contribution in [2.75, 3.05) is 12.3 Å². The number of hydrogen-bond acceptors (Lipinski definition) is 2. The summed E-state index contributed by atoms with van der Waals surface area (Å²) >= 11 is 0. The standard InChI is InChI=1S/C15H17FN2/c16-14-7-3-1-5-12(14)9-10-18-11-13-6-2-4-8-15(13)17/h1-8,18H,9-11,17H2. The topological polar surface area (TPSA) is 38.0 Å². The second kappa shape index (κ2) is 6.17. The summed E-state index contributed by atoms with van der Waals surface area (Å²) in [6.45, 7) is 1.44. The van der Waals surface area contributed by atoms with Gasteiger partial charge >= 0.3 is 0 Å². The van der Waals surface area contributed by atoms with E-state index in [-0.39, 0.29) is 5.82 Å². The average Bonchev–Trinajstić information content (AvgIpc) is 2.38. The first-order valence-electron chi connectivity index (χ1n) is 6.05. The molecule has 0 aliphatic heterocycles. The molecule has 94 valence electrons. The Morgan fingerprint density at radius 3 is 2.33 bits per heavy atom. The van der Waals surface area contributed by atoms with Crippen LogP contribution in [0.15, 0.2) is 48.5 Å². The van der Waals surface area contributed by atoms with Crippen molar-refractivity contribution in [1.82, 2.24) is 5.32 Å². The van der Waals surface area contributed by atoms with E-state index in [1.807, 2.05) is 36.4 Å². The molecular weight excluding hydrogens is 227 g/mol. The van der Waals surface area contributed by atoms with Crippen LogP contribution in [0.5, 0.6) is 0 Å². The minimum Gasteiger partial charge on any atom is -0.398 e. The van der Waals surface area contributed by atoms with Gasteiger partial charge in [-0.15, -0.1) is 0 Å². The van der Waals surface area contributed by atoms with Gasteiger partial charge in [-0.3, -0.25) is 0 Å². The molecule has 2 aromatic rings. The monoisotopic (exact) mass is 244 g/mol. The summed E-state index contributed by atoms with van der Waals surface area (Å²) in [6.07, 6.45) is 0.680. The SMILES string of the molecule is Nc1ccccc1CNCCc1ccccc1F. The summed E-state index contributed by atoms with van der Waals surface area (Å²) in [5.41, 5.74) is 8.44. The number of rotatable bonds is 5. The Labute approximate surface area is 107 Å². The van der Waals surface area contributed by atoms with Crippen LogP contribution in [0, 0.1) is 5.82 Å². The summed E-state index contributed by atoms with van der Waals surface area (Å²) < 4.78 is 13.4. The molecule has 0 aromatic heterocycles. The number of nitrogens with one attached hydrogen (secondary N) is 1. The second-order valence-electron chi connectivity index (χ2n) is 4.22. The molecular formula is C15H17FN2. The quantitative estimate of drug-likeness (QED) is 0.627. The maximum atomic E-state index is 13.4. The Balaban J connectivity index is 1.80. The molecule has 0 heterocycles. The summed E-state index contributed by atoms with van der Waals surface area (Å²) in [6, 6.07) is 14.6. The highest BCUT2D eigenvalue weighted by Gasteiger charge is 2.00. The van der Waals surface area contributed by atoms with Crippen LogP contribution in [0.3, 0.4) is 0 Å². The summed E-state index contributed by atoms with van der Waals surface area (Å²) in [5, 5.41) is 3.27. The molecule has 0 aliphatic carbocycles. The second-order valence-corrected chi connectivity index (χ2v) is 4.22. The minimum atomic E-state index is -0.140. The lowest BCUT2D eigenvalue weighted by molar-refractivity contribution is 0.598. The summed E-state index contributed by atoms with van der Waals surface area (Å²) in [4.78, 5) is 0. The highest BCUT2D eigenvalue weighted by Crippen LogP contribution is 2.10. The van der Waals surface area contributed by atoms with E-state index in [2.05, 4.69) is 5.32 Å². The molecule has 18 heavy (non-hydrogen) atoms. The fourth-order valence-electron chi connectivity index (χ4n) is 1.84. The van der Waals surface area contributed by atoms with Crippen LogP contribution in [0.2, 0.25) is 0 Å². The molecule has 0 amide bonds. The van der Waals surface area contributed by atoms with Gasteiger partial charge in [0.1, 0.15) is 5.82 Å². The third kappa shape index (κ3) is 3.31. The first-order chi connectivity index (χ1) is 8.77. The van der Waals surface area contributed by atoms with Crippen molar-refractivity contribution >= 4 is 5.69 Å². The van der Waals surface area contributed by atoms with E-state index < -0.39 is 0 Å². The zero-order chi connectivity index (χ0) is 12.8. The van der Waals surface area contributed by atoms with Crippen LogP contribution < -0.4 is 11.1 Å². The van der Waals surface area contributed by atoms with E-state index in [0.29, 0.717) is 13.0 Å². The third-order valence-electron chi connectivity index (χ3n) is 2.90. The summed E-state index contributed by atoms with van der Waals surface area (Å²) in [5.74, 6) is -0.140. The molecule has 0 spiro atoms. The molecule has 2 aromatic carbocycles. The Morgan fingerprint density at radius 1 is 0.944 bits per heavy atom. The van der Waals surface area contributed by atoms with E-state index in [9.17, 15) is 4.39 Å². The van der Waals surface area contributed by atoms with Gasteiger partial charge in [0.25, 0.3) is 0 Å². The largest absolute Gasteiger partial charge is 0.398 e. The third-order valence-corrected chi connectivity index (χ3v) is 2.90. The van der Waals surface area contributed by atoms with Crippen LogP contribution in [0.25, 0.3) is 0 Å². The lowest BCUT2D eigenvalue weighted by atomic mass is 10.1. The van der Waals surface area contributed by atoms with Gasteiger partial charge in [0.2, 0.25) is 0 Å². The van der Waals surface area contributed by atoms with Gasteiger partial charge in [-0.05, 0) is 36.2 Å². The zero-order valence-electron chi connectivity index (χ0n) is 10.2. The number of nitrogen functional groups attached to an aromatic ring is 1. The fraction of sp³-hybridized carbons (Fsp3) is 0.200.